The lowest BCUT2D eigenvalue weighted by molar-refractivity contribution is -0.346. The number of hydrogen-bond acceptors (Lipinski definition) is 3. The van der Waals surface area contributed by atoms with Crippen LogP contribution in [0.5, 0.6) is 0 Å². The average molecular weight is 402 g/mol. The molecule has 0 N–H and O–H groups in total. The maximum absolute atomic E-state index is 14.5. The second-order valence-electron chi connectivity index (χ2n) is 8.06. The van der Waals surface area contributed by atoms with E-state index in [4.69, 9.17) is 4.74 Å². The maximum atomic E-state index is 14.5. The number of ether oxygens (including phenoxy) is 2. The Morgan fingerprint density at radius 2 is 1.57 bits per heavy atom. The standard InChI is InChI=1S/C21H26F4O3/c1-13-2-4-14(5-3-13)15-6-11-18(19(22)12-15)20(26)27-16-7-9-17(10-8-16)28-21(23,24)25/h6,11-14,16-17H,2-5,7-10H2,1H3. The lowest BCUT2D eigenvalue weighted by Gasteiger charge is -2.29. The van der Waals surface area contributed by atoms with Crippen LogP contribution in [0.4, 0.5) is 17.6 Å². The lowest BCUT2D eigenvalue weighted by Crippen LogP contribution is -2.32. The topological polar surface area (TPSA) is 35.5 Å². The summed E-state index contributed by atoms with van der Waals surface area (Å²) < 4.78 is 60.6. The molecule has 3 rings (SSSR count). The molecule has 0 spiro atoms. The van der Waals surface area contributed by atoms with Crippen LogP contribution in [0.25, 0.3) is 0 Å². The van der Waals surface area contributed by atoms with E-state index in [0.29, 0.717) is 11.8 Å². The molecule has 0 saturated heterocycles. The summed E-state index contributed by atoms with van der Waals surface area (Å²) in [6.07, 6.45) is -0.954. The Bertz CT molecular complexity index is 673. The first kappa shape index (κ1) is 21.1. The van der Waals surface area contributed by atoms with E-state index in [-0.39, 0.29) is 31.2 Å². The molecule has 28 heavy (non-hydrogen) atoms. The van der Waals surface area contributed by atoms with Gasteiger partial charge in [0.1, 0.15) is 11.9 Å². The van der Waals surface area contributed by atoms with Crippen molar-refractivity contribution in [3.8, 4) is 0 Å². The lowest BCUT2D eigenvalue weighted by atomic mass is 9.79. The van der Waals surface area contributed by atoms with Gasteiger partial charge in [-0.05, 0) is 68.1 Å². The van der Waals surface area contributed by atoms with Gasteiger partial charge in [0, 0.05) is 0 Å². The van der Waals surface area contributed by atoms with Gasteiger partial charge in [-0.15, -0.1) is 13.2 Å². The molecule has 0 heterocycles. The van der Waals surface area contributed by atoms with Crippen molar-refractivity contribution in [2.24, 2.45) is 5.92 Å². The molecule has 2 fully saturated rings. The highest BCUT2D eigenvalue weighted by molar-refractivity contribution is 5.89. The Labute approximate surface area is 162 Å². The van der Waals surface area contributed by atoms with Crippen LogP contribution in [0, 0.1) is 11.7 Å². The van der Waals surface area contributed by atoms with Gasteiger partial charge in [-0.1, -0.05) is 25.8 Å². The average Bonchev–Trinajstić information content (AvgIpc) is 2.62. The van der Waals surface area contributed by atoms with Crippen LogP contribution in [0.15, 0.2) is 18.2 Å². The molecule has 0 amide bonds. The second kappa shape index (κ2) is 8.80. The minimum atomic E-state index is -4.66. The summed E-state index contributed by atoms with van der Waals surface area (Å²) in [6.45, 7) is 2.22. The Hall–Kier alpha value is -1.63. The van der Waals surface area contributed by atoms with E-state index in [0.717, 1.165) is 31.2 Å². The quantitative estimate of drug-likeness (QED) is 0.449. The molecule has 0 aromatic heterocycles. The molecule has 156 valence electrons. The van der Waals surface area contributed by atoms with E-state index in [1.165, 1.54) is 12.1 Å². The minimum Gasteiger partial charge on any atom is -0.459 e. The van der Waals surface area contributed by atoms with Gasteiger partial charge >= 0.3 is 12.3 Å². The minimum absolute atomic E-state index is 0.124. The second-order valence-corrected chi connectivity index (χ2v) is 8.06. The summed E-state index contributed by atoms with van der Waals surface area (Å²) in [6, 6.07) is 4.67. The third-order valence-corrected chi connectivity index (χ3v) is 5.90. The van der Waals surface area contributed by atoms with Gasteiger partial charge in [0.05, 0.1) is 11.7 Å². The SMILES string of the molecule is CC1CCC(c2ccc(C(=O)OC3CCC(OC(F)(F)F)CC3)c(F)c2)CC1. The molecular weight excluding hydrogens is 376 g/mol. The van der Waals surface area contributed by atoms with Gasteiger partial charge in [-0.25, -0.2) is 9.18 Å². The van der Waals surface area contributed by atoms with Crippen molar-refractivity contribution in [1.29, 1.82) is 0 Å². The first-order valence-electron chi connectivity index (χ1n) is 9.96. The summed E-state index contributed by atoms with van der Waals surface area (Å²) in [5, 5.41) is 0. The Morgan fingerprint density at radius 1 is 0.964 bits per heavy atom. The van der Waals surface area contributed by atoms with Crippen LogP contribution >= 0.6 is 0 Å². The number of carbonyl (C=O) groups excluding carboxylic acids is 1. The van der Waals surface area contributed by atoms with Crippen molar-refractivity contribution < 1.29 is 31.8 Å². The third-order valence-electron chi connectivity index (χ3n) is 5.90. The van der Waals surface area contributed by atoms with Crippen molar-refractivity contribution in [2.75, 3.05) is 0 Å². The zero-order valence-electron chi connectivity index (χ0n) is 15.9. The molecule has 3 nitrogen and oxygen atoms in total. The zero-order chi connectivity index (χ0) is 20.3. The van der Waals surface area contributed by atoms with Crippen molar-refractivity contribution in [3.05, 3.63) is 35.1 Å². The van der Waals surface area contributed by atoms with Gasteiger partial charge < -0.3 is 4.74 Å². The predicted octanol–water partition coefficient (Wildman–Crippen LogP) is 6.12. The van der Waals surface area contributed by atoms with Gasteiger partial charge in [0.2, 0.25) is 0 Å². The molecule has 0 unspecified atom stereocenters. The highest BCUT2D eigenvalue weighted by Gasteiger charge is 2.36. The Kier molecular flexibility index (Phi) is 6.63. The molecular formula is C21H26F4O3. The molecule has 0 aliphatic heterocycles. The van der Waals surface area contributed by atoms with Gasteiger partial charge in [0.25, 0.3) is 0 Å². The van der Waals surface area contributed by atoms with Crippen molar-refractivity contribution in [2.45, 2.75) is 82.8 Å². The van der Waals surface area contributed by atoms with Crippen LogP contribution in [0.3, 0.4) is 0 Å². The molecule has 2 saturated carbocycles. The van der Waals surface area contributed by atoms with Crippen LogP contribution in [-0.4, -0.2) is 24.5 Å². The number of hydrogen-bond donors (Lipinski definition) is 0. The van der Waals surface area contributed by atoms with Crippen LogP contribution < -0.4 is 0 Å². The molecule has 0 atom stereocenters. The van der Waals surface area contributed by atoms with Gasteiger partial charge in [0.15, 0.2) is 0 Å². The number of carbonyl (C=O) groups is 1. The summed E-state index contributed by atoms with van der Waals surface area (Å²) in [5.74, 6) is -0.344. The number of halogens is 4. The molecule has 2 aliphatic rings. The Morgan fingerprint density at radius 3 is 2.14 bits per heavy atom. The van der Waals surface area contributed by atoms with Gasteiger partial charge in [-0.2, -0.15) is 0 Å². The van der Waals surface area contributed by atoms with E-state index in [1.54, 1.807) is 6.07 Å². The fraction of sp³-hybridized carbons (Fsp3) is 0.667. The van der Waals surface area contributed by atoms with Crippen LogP contribution in [0.2, 0.25) is 0 Å². The largest absolute Gasteiger partial charge is 0.522 e. The van der Waals surface area contributed by atoms with Gasteiger partial charge in [-0.3, -0.25) is 4.74 Å². The molecule has 1 aromatic carbocycles. The maximum Gasteiger partial charge on any atom is 0.522 e. The first-order chi connectivity index (χ1) is 13.2. The number of esters is 1. The molecule has 2 aliphatic carbocycles. The van der Waals surface area contributed by atoms with E-state index < -0.39 is 30.4 Å². The number of rotatable bonds is 4. The summed E-state index contributed by atoms with van der Waals surface area (Å²) >= 11 is 0. The van der Waals surface area contributed by atoms with Crippen molar-refractivity contribution in [1.82, 2.24) is 0 Å². The fourth-order valence-corrected chi connectivity index (χ4v) is 4.22. The third kappa shape index (κ3) is 5.69. The highest BCUT2D eigenvalue weighted by Crippen LogP contribution is 2.36. The first-order valence-corrected chi connectivity index (χ1v) is 9.96. The van der Waals surface area contributed by atoms with E-state index in [1.807, 2.05) is 0 Å². The molecule has 7 heteroatoms. The van der Waals surface area contributed by atoms with Crippen molar-refractivity contribution in [3.63, 3.8) is 0 Å². The summed E-state index contributed by atoms with van der Waals surface area (Å²) in [4.78, 5) is 12.3. The van der Waals surface area contributed by atoms with Crippen LogP contribution in [-0.2, 0) is 9.47 Å². The van der Waals surface area contributed by atoms with Crippen LogP contribution in [0.1, 0.15) is 80.1 Å². The summed E-state index contributed by atoms with van der Waals surface area (Å²) in [5.41, 5.74) is 0.785. The normalized spacial score (nSPS) is 28.8. The van der Waals surface area contributed by atoms with E-state index in [9.17, 15) is 22.4 Å². The Balaban J connectivity index is 1.53. The number of alkyl halides is 3. The monoisotopic (exact) mass is 402 g/mol. The highest BCUT2D eigenvalue weighted by atomic mass is 19.4. The van der Waals surface area contributed by atoms with Crippen molar-refractivity contribution >= 4 is 5.97 Å². The number of benzene rings is 1. The van der Waals surface area contributed by atoms with E-state index >= 15 is 0 Å². The summed E-state index contributed by atoms with van der Waals surface area (Å²) in [7, 11) is 0. The molecule has 1 aromatic rings. The molecule has 0 radical (unpaired) electrons. The van der Waals surface area contributed by atoms with E-state index in [2.05, 4.69) is 11.7 Å². The zero-order valence-corrected chi connectivity index (χ0v) is 15.9. The predicted molar refractivity (Wildman–Crippen MR) is 95.4 cm³/mol. The molecule has 0 bridgehead atoms. The fourth-order valence-electron chi connectivity index (χ4n) is 4.22. The smallest absolute Gasteiger partial charge is 0.459 e.